The van der Waals surface area contributed by atoms with Crippen LogP contribution in [0.4, 0.5) is 37.7 Å². The fourth-order valence-corrected chi connectivity index (χ4v) is 10.9. The van der Waals surface area contributed by atoms with Crippen LogP contribution in [0, 0.1) is 22.0 Å². The molecule has 0 radical (unpaired) electrons. The van der Waals surface area contributed by atoms with E-state index in [4.69, 9.17) is 5.73 Å². The Labute approximate surface area is 446 Å². The molecule has 78 heavy (non-hydrogen) atoms. The van der Waals surface area contributed by atoms with Gasteiger partial charge in [-0.2, -0.15) is 26.3 Å². The average Bonchev–Trinajstić information content (AvgIpc) is 4.21. The molecule has 2 aromatic heterocycles. The molecule has 0 spiro atoms. The molecule has 2 saturated heterocycles. The molecule has 2 aliphatic heterocycles. The Balaban J connectivity index is 0.000000190. The van der Waals surface area contributed by atoms with Gasteiger partial charge in [0.15, 0.2) is 11.6 Å². The monoisotopic (exact) mass is 1070 g/mol. The number of aliphatic hydroxyl groups is 2. The Hall–Kier alpha value is -7.64. The quantitative estimate of drug-likeness (QED) is 0.0298. The molecule has 18 heteroatoms. The lowest BCUT2D eigenvalue weighted by Crippen LogP contribution is -2.52. The first kappa shape index (κ1) is 55.1. The first-order valence-electron chi connectivity index (χ1n) is 25.7. The van der Waals surface area contributed by atoms with Crippen LogP contribution >= 0.6 is 0 Å². The number of β-amino-alcohol motifs (C(OH)–C–C–N with tert-alkyl or cyclic N) is 2. The minimum Gasteiger partial charge on any atom is -0.399 e. The summed E-state index contributed by atoms with van der Waals surface area (Å²) in [4.78, 5) is 39.7. The van der Waals surface area contributed by atoms with Gasteiger partial charge in [-0.25, -0.2) is 0 Å². The number of benzene rings is 6. The molecular formula is C60H58F6N6O6. The minimum atomic E-state index is -5.03. The molecule has 10 rings (SSSR count). The van der Waals surface area contributed by atoms with Gasteiger partial charge in [-0.1, -0.05) is 127 Å². The van der Waals surface area contributed by atoms with Crippen LogP contribution in [0.1, 0.15) is 68.7 Å². The van der Waals surface area contributed by atoms with E-state index in [1.807, 2.05) is 48.5 Å². The maximum Gasteiger partial charge on any atom is 0.422 e. The summed E-state index contributed by atoms with van der Waals surface area (Å²) in [5, 5.41) is 34.6. The summed E-state index contributed by atoms with van der Waals surface area (Å²) in [7, 11) is 0. The number of Topliss-reactive ketones (excluding diaryl/α,β-unsaturated/α-hetero) is 2. The van der Waals surface area contributed by atoms with Crippen molar-refractivity contribution in [2.45, 2.75) is 62.3 Å². The van der Waals surface area contributed by atoms with Crippen molar-refractivity contribution in [3.05, 3.63) is 214 Å². The van der Waals surface area contributed by atoms with Crippen molar-refractivity contribution < 1.29 is 51.1 Å². The number of fused-ring (bicyclic) bond motifs is 2. The van der Waals surface area contributed by atoms with Gasteiger partial charge in [0.2, 0.25) is 11.2 Å². The van der Waals surface area contributed by atoms with Crippen LogP contribution in [0.2, 0.25) is 0 Å². The highest BCUT2D eigenvalue weighted by molar-refractivity contribution is 5.98. The number of carbonyl (C=O) groups excluding carboxylic acids is 2. The zero-order valence-corrected chi connectivity index (χ0v) is 42.4. The number of likely N-dealkylation sites (tertiary alicyclic amines) is 2. The highest BCUT2D eigenvalue weighted by atomic mass is 19.4. The van der Waals surface area contributed by atoms with Crippen molar-refractivity contribution in [1.82, 2.24) is 18.9 Å². The van der Waals surface area contributed by atoms with E-state index in [0.29, 0.717) is 59.9 Å². The lowest BCUT2D eigenvalue weighted by Gasteiger charge is -2.38. The molecule has 6 aromatic carbocycles. The number of anilines is 1. The van der Waals surface area contributed by atoms with Crippen LogP contribution in [-0.4, -0.2) is 97.3 Å². The van der Waals surface area contributed by atoms with E-state index in [9.17, 15) is 56.3 Å². The molecule has 2 aliphatic rings. The molecule has 0 aliphatic carbocycles. The molecule has 4 N–H and O–H groups in total. The summed E-state index contributed by atoms with van der Waals surface area (Å²) in [5.74, 6) is -0.566. The van der Waals surface area contributed by atoms with Crippen LogP contribution in [0.25, 0.3) is 21.8 Å². The van der Waals surface area contributed by atoms with E-state index < -0.39 is 41.6 Å². The Morgan fingerprint density at radius 1 is 0.538 bits per heavy atom. The number of rotatable bonds is 15. The Kier molecular flexibility index (Phi) is 16.1. The molecule has 4 heterocycles. The Morgan fingerprint density at radius 3 is 1.27 bits per heavy atom. The highest BCUT2D eigenvalue weighted by Gasteiger charge is 2.58. The average molecular weight is 1070 g/mol. The number of carbonyl (C=O) groups is 2. The number of nitrogens with two attached hydrogens (primary N) is 1. The zero-order chi connectivity index (χ0) is 55.4. The standard InChI is InChI=1S/C30H28F3N3O4.C30H30F3N3O2/c31-30(32,33)29(38,20-34-15-13-23(14-16-34)28(37)22-9-5-2-6-10-22)26-19-35(18-21-7-3-1-4-8-21)27-17-24(36(39)40)11-12-25(26)27;31-30(32,33)29(38,20-35-15-13-23(14-16-35)28(37)22-9-5-2-6-10-22)26-19-36(18-21-7-3-1-4-8-21)27-17-24(34)11-12-25(26)27/h1-12,17,19,23,38H,13-16,18,20H2;1-12,17,19,23,38H,13-16,18,20,34H2. The number of ketones is 2. The topological polar surface area (TPSA) is 160 Å². The molecule has 0 bridgehead atoms. The second-order valence-electron chi connectivity index (χ2n) is 20.3. The predicted octanol–water partition coefficient (Wildman–Crippen LogP) is 11.6. The first-order valence-corrected chi connectivity index (χ1v) is 25.7. The van der Waals surface area contributed by atoms with Crippen molar-refractivity contribution in [2.75, 3.05) is 45.0 Å². The number of nitrogens with zero attached hydrogens (tertiary/aromatic N) is 5. The summed E-state index contributed by atoms with van der Waals surface area (Å²) >= 11 is 0. The molecule has 2 unspecified atom stereocenters. The van der Waals surface area contributed by atoms with Crippen LogP contribution in [0.5, 0.6) is 0 Å². The van der Waals surface area contributed by atoms with Gasteiger partial charge in [-0.05, 0) is 81.2 Å². The van der Waals surface area contributed by atoms with Crippen LogP contribution in [0.15, 0.2) is 170 Å². The zero-order valence-electron chi connectivity index (χ0n) is 42.4. The van der Waals surface area contributed by atoms with Gasteiger partial charge in [0.25, 0.3) is 5.69 Å². The van der Waals surface area contributed by atoms with Crippen LogP contribution < -0.4 is 5.73 Å². The fourth-order valence-electron chi connectivity index (χ4n) is 10.9. The van der Waals surface area contributed by atoms with E-state index in [-0.39, 0.29) is 83.8 Å². The molecule has 2 fully saturated rings. The third kappa shape index (κ3) is 11.8. The fraction of sp³-hybridized carbons (Fsp3) is 0.300. The lowest BCUT2D eigenvalue weighted by atomic mass is 9.87. The van der Waals surface area contributed by atoms with Crippen LogP contribution in [0.3, 0.4) is 0 Å². The van der Waals surface area contributed by atoms with Crippen molar-refractivity contribution in [1.29, 1.82) is 0 Å². The van der Waals surface area contributed by atoms with Gasteiger partial charge in [0.1, 0.15) is 0 Å². The van der Waals surface area contributed by atoms with Crippen LogP contribution in [-0.2, 0) is 24.3 Å². The van der Waals surface area contributed by atoms with Gasteiger partial charge in [-0.15, -0.1) is 0 Å². The maximum absolute atomic E-state index is 14.7. The summed E-state index contributed by atoms with van der Waals surface area (Å²) in [5.41, 5.74) is 2.92. The van der Waals surface area contributed by atoms with Crippen molar-refractivity contribution in [3.63, 3.8) is 0 Å². The normalized spacial score (nSPS) is 16.8. The molecule has 12 nitrogen and oxygen atoms in total. The summed E-state index contributed by atoms with van der Waals surface area (Å²) < 4.78 is 91.2. The van der Waals surface area contributed by atoms with E-state index in [2.05, 4.69) is 0 Å². The second-order valence-corrected chi connectivity index (χ2v) is 20.3. The summed E-state index contributed by atoms with van der Waals surface area (Å²) in [6.07, 6.45) is -5.67. The van der Waals surface area contributed by atoms with Gasteiger partial charge in [0.05, 0.1) is 16.0 Å². The number of alkyl halides is 6. The maximum atomic E-state index is 14.7. The molecule has 0 amide bonds. The van der Waals surface area contributed by atoms with Crippen molar-refractivity contribution in [2.24, 2.45) is 11.8 Å². The van der Waals surface area contributed by atoms with E-state index in [1.165, 1.54) is 34.0 Å². The minimum absolute atomic E-state index is 0.0119. The second kappa shape index (κ2) is 22.8. The molecule has 0 saturated carbocycles. The first-order chi connectivity index (χ1) is 37.2. The SMILES string of the molecule is Nc1ccc2c(C(O)(CN3CCC(C(=O)c4ccccc4)CC3)C(F)(F)F)cn(Cc3ccccc3)c2c1.O=C(c1ccccc1)C1CCN(CC(O)(c2cn(Cc3ccccc3)c3cc([N+](=O)[O-])ccc23)C(F)(F)F)CC1. The highest BCUT2D eigenvalue weighted by Crippen LogP contribution is 2.46. The number of hydrogen-bond donors (Lipinski definition) is 3. The predicted molar refractivity (Wildman–Crippen MR) is 286 cm³/mol. The number of non-ortho nitro benzene ring substituents is 1. The van der Waals surface area contributed by atoms with Gasteiger partial charge in [-0.3, -0.25) is 29.5 Å². The number of aromatic nitrogens is 2. The van der Waals surface area contributed by atoms with Gasteiger partial charge >= 0.3 is 12.4 Å². The smallest absolute Gasteiger partial charge is 0.399 e. The lowest BCUT2D eigenvalue weighted by molar-refractivity contribution is -0.384. The number of halogens is 6. The number of nitro groups is 1. The van der Waals surface area contributed by atoms with Crippen molar-refractivity contribution >= 4 is 44.7 Å². The number of nitrogen functional groups attached to an aromatic ring is 1. The number of piperidine rings is 2. The largest absolute Gasteiger partial charge is 0.422 e. The molecular weight excluding hydrogens is 1010 g/mol. The summed E-state index contributed by atoms with van der Waals surface area (Å²) in [6, 6.07) is 44.6. The van der Waals surface area contributed by atoms with Gasteiger partial charge < -0.3 is 25.1 Å². The molecule has 406 valence electrons. The summed E-state index contributed by atoms with van der Waals surface area (Å²) in [6.45, 7) is 0.183. The Bertz CT molecular complexity index is 3380. The van der Waals surface area contributed by atoms with E-state index in [0.717, 1.165) is 17.2 Å². The third-order valence-corrected chi connectivity index (χ3v) is 15.1. The van der Waals surface area contributed by atoms with E-state index >= 15 is 0 Å². The third-order valence-electron chi connectivity index (χ3n) is 15.1. The molecule has 8 aromatic rings. The van der Waals surface area contributed by atoms with Gasteiger partial charge in [0, 0.05) is 101 Å². The Morgan fingerprint density at radius 2 is 0.897 bits per heavy atom. The number of hydrogen-bond acceptors (Lipinski definition) is 9. The van der Waals surface area contributed by atoms with E-state index in [1.54, 1.807) is 100 Å². The van der Waals surface area contributed by atoms with Crippen molar-refractivity contribution in [3.8, 4) is 0 Å². The number of nitro benzene ring substituents is 1. The molecule has 2 atom stereocenters.